The zero-order valence-electron chi connectivity index (χ0n) is 11.4. The first kappa shape index (κ1) is 14.9. The second-order valence-electron chi connectivity index (χ2n) is 4.70. The lowest BCUT2D eigenvalue weighted by molar-refractivity contribution is 0.0814. The highest BCUT2D eigenvalue weighted by molar-refractivity contribution is 4.68. The van der Waals surface area contributed by atoms with Crippen molar-refractivity contribution in [1.29, 1.82) is 0 Å². The summed E-state index contributed by atoms with van der Waals surface area (Å²) in [5.41, 5.74) is 0. The topological polar surface area (TPSA) is 33.7 Å². The smallest absolute Gasteiger partial charge is 0.0702 e. The minimum atomic E-state index is 0.470. The highest BCUT2D eigenvalue weighted by atomic mass is 16.5. The summed E-state index contributed by atoms with van der Waals surface area (Å²) in [6.45, 7) is 8.94. The van der Waals surface area contributed by atoms with Crippen molar-refractivity contribution >= 4 is 0 Å². The van der Waals surface area contributed by atoms with Gasteiger partial charge in [-0.25, -0.2) is 0 Å². The Hall–Kier alpha value is -0.160. The summed E-state index contributed by atoms with van der Waals surface area (Å²) in [5.74, 6) is 0. The number of nitrogens with zero attached hydrogens (tertiary/aromatic N) is 1. The van der Waals surface area contributed by atoms with Crippen LogP contribution in [0.2, 0.25) is 0 Å². The van der Waals surface area contributed by atoms with E-state index in [0.717, 1.165) is 52.4 Å². The van der Waals surface area contributed by atoms with Crippen molar-refractivity contribution in [1.82, 2.24) is 10.2 Å². The fourth-order valence-electron chi connectivity index (χ4n) is 2.07. The van der Waals surface area contributed by atoms with E-state index in [9.17, 15) is 0 Å². The zero-order chi connectivity index (χ0) is 12.3. The van der Waals surface area contributed by atoms with Crippen LogP contribution in [0, 0.1) is 0 Å². The second kappa shape index (κ2) is 9.83. The van der Waals surface area contributed by atoms with Crippen molar-refractivity contribution in [3.05, 3.63) is 0 Å². The third-order valence-corrected chi connectivity index (χ3v) is 3.06. The molecule has 0 bridgehead atoms. The molecule has 1 atom stereocenters. The number of hydrogen-bond donors (Lipinski definition) is 1. The van der Waals surface area contributed by atoms with Gasteiger partial charge in [-0.1, -0.05) is 0 Å². The fourth-order valence-corrected chi connectivity index (χ4v) is 2.07. The minimum absolute atomic E-state index is 0.470. The van der Waals surface area contributed by atoms with Gasteiger partial charge in [-0.2, -0.15) is 0 Å². The molecule has 0 aromatic carbocycles. The molecule has 0 spiro atoms. The van der Waals surface area contributed by atoms with E-state index in [1.165, 1.54) is 12.8 Å². The molecule has 1 N–H and O–H groups in total. The number of ether oxygens (including phenoxy) is 2. The molecule has 0 aromatic heterocycles. The zero-order valence-corrected chi connectivity index (χ0v) is 11.4. The molecular formula is C13H28N2O2. The van der Waals surface area contributed by atoms with Crippen molar-refractivity contribution in [2.24, 2.45) is 0 Å². The monoisotopic (exact) mass is 244 g/mol. The van der Waals surface area contributed by atoms with Gasteiger partial charge in [0, 0.05) is 39.5 Å². The van der Waals surface area contributed by atoms with E-state index in [-0.39, 0.29) is 0 Å². The van der Waals surface area contributed by atoms with Gasteiger partial charge in [0.2, 0.25) is 0 Å². The molecule has 102 valence electrons. The van der Waals surface area contributed by atoms with Crippen molar-refractivity contribution in [3.63, 3.8) is 0 Å². The quantitative estimate of drug-likeness (QED) is 0.584. The van der Waals surface area contributed by atoms with Crippen LogP contribution >= 0.6 is 0 Å². The maximum atomic E-state index is 5.62. The summed E-state index contributed by atoms with van der Waals surface area (Å²) >= 11 is 0. The lowest BCUT2D eigenvalue weighted by Crippen LogP contribution is -2.34. The fraction of sp³-hybridized carbons (Fsp3) is 1.00. The van der Waals surface area contributed by atoms with E-state index in [1.807, 2.05) is 6.92 Å². The van der Waals surface area contributed by atoms with Gasteiger partial charge in [-0.15, -0.1) is 0 Å². The maximum absolute atomic E-state index is 5.62. The Balaban J connectivity index is 1.84. The van der Waals surface area contributed by atoms with E-state index in [0.29, 0.717) is 6.10 Å². The van der Waals surface area contributed by atoms with Crippen molar-refractivity contribution in [2.45, 2.75) is 32.3 Å². The Labute approximate surface area is 106 Å². The van der Waals surface area contributed by atoms with Crippen LogP contribution in [0.1, 0.15) is 26.2 Å². The van der Waals surface area contributed by atoms with Crippen LogP contribution in [-0.2, 0) is 9.47 Å². The van der Waals surface area contributed by atoms with Crippen LogP contribution in [0.4, 0.5) is 0 Å². The first-order valence-electron chi connectivity index (χ1n) is 6.91. The summed E-state index contributed by atoms with van der Waals surface area (Å²) in [5, 5.41) is 3.44. The number of hydrogen-bond acceptors (Lipinski definition) is 4. The van der Waals surface area contributed by atoms with Crippen LogP contribution in [0.3, 0.4) is 0 Å². The van der Waals surface area contributed by atoms with Gasteiger partial charge in [-0.05, 0) is 39.8 Å². The summed E-state index contributed by atoms with van der Waals surface area (Å²) in [4.78, 5) is 2.35. The van der Waals surface area contributed by atoms with Gasteiger partial charge in [0.05, 0.1) is 6.10 Å². The summed E-state index contributed by atoms with van der Waals surface area (Å²) in [7, 11) is 2.17. The molecule has 1 aliphatic heterocycles. The molecule has 0 aliphatic carbocycles. The molecule has 1 fully saturated rings. The molecule has 4 nitrogen and oxygen atoms in total. The molecule has 1 saturated heterocycles. The molecule has 17 heavy (non-hydrogen) atoms. The van der Waals surface area contributed by atoms with Crippen LogP contribution in [0.25, 0.3) is 0 Å². The van der Waals surface area contributed by atoms with Crippen molar-refractivity contribution in [3.8, 4) is 0 Å². The van der Waals surface area contributed by atoms with E-state index < -0.39 is 0 Å². The second-order valence-corrected chi connectivity index (χ2v) is 4.70. The molecule has 0 saturated carbocycles. The van der Waals surface area contributed by atoms with Crippen molar-refractivity contribution in [2.75, 3.05) is 53.0 Å². The molecule has 1 rings (SSSR count). The van der Waals surface area contributed by atoms with Crippen molar-refractivity contribution < 1.29 is 9.47 Å². The molecule has 1 unspecified atom stereocenters. The summed E-state index contributed by atoms with van der Waals surface area (Å²) in [6, 6.07) is 0. The summed E-state index contributed by atoms with van der Waals surface area (Å²) < 4.78 is 10.9. The number of likely N-dealkylation sites (N-methyl/N-ethyl adjacent to an activating group) is 1. The van der Waals surface area contributed by atoms with Gasteiger partial charge < -0.3 is 19.7 Å². The molecule has 1 heterocycles. The first-order chi connectivity index (χ1) is 8.33. The van der Waals surface area contributed by atoms with Gasteiger partial charge in [-0.3, -0.25) is 0 Å². The Kier molecular flexibility index (Phi) is 8.61. The maximum Gasteiger partial charge on any atom is 0.0702 e. The van der Waals surface area contributed by atoms with Crippen LogP contribution < -0.4 is 5.32 Å². The van der Waals surface area contributed by atoms with E-state index in [1.54, 1.807) is 0 Å². The Morgan fingerprint density at radius 3 is 3.00 bits per heavy atom. The predicted octanol–water partition coefficient (Wildman–Crippen LogP) is 1.11. The van der Waals surface area contributed by atoms with Crippen LogP contribution in [0.15, 0.2) is 0 Å². The first-order valence-corrected chi connectivity index (χ1v) is 6.91. The Morgan fingerprint density at radius 2 is 2.29 bits per heavy atom. The van der Waals surface area contributed by atoms with E-state index >= 15 is 0 Å². The van der Waals surface area contributed by atoms with Crippen LogP contribution in [-0.4, -0.2) is 64.1 Å². The average molecular weight is 244 g/mol. The average Bonchev–Trinajstić information content (AvgIpc) is 2.80. The van der Waals surface area contributed by atoms with Gasteiger partial charge in [0.25, 0.3) is 0 Å². The van der Waals surface area contributed by atoms with Crippen LogP contribution in [0.5, 0.6) is 0 Å². The Bertz CT molecular complexity index is 173. The number of nitrogens with one attached hydrogen (secondary N) is 1. The predicted molar refractivity (Wildman–Crippen MR) is 70.5 cm³/mol. The minimum Gasteiger partial charge on any atom is -0.382 e. The van der Waals surface area contributed by atoms with E-state index in [2.05, 4.69) is 17.3 Å². The lowest BCUT2D eigenvalue weighted by atomic mass is 10.2. The molecule has 0 radical (unpaired) electrons. The SMILES string of the molecule is CCOCCCNCCN(C)CC1CCCO1. The summed E-state index contributed by atoms with van der Waals surface area (Å²) in [6.07, 6.45) is 4.03. The molecule has 1 aliphatic rings. The lowest BCUT2D eigenvalue weighted by Gasteiger charge is -2.20. The van der Waals surface area contributed by atoms with Gasteiger partial charge >= 0.3 is 0 Å². The highest BCUT2D eigenvalue weighted by Crippen LogP contribution is 2.12. The Morgan fingerprint density at radius 1 is 1.41 bits per heavy atom. The highest BCUT2D eigenvalue weighted by Gasteiger charge is 2.16. The standard InChI is InChI=1S/C13H28N2O2/c1-3-16-10-5-7-14-8-9-15(2)12-13-6-4-11-17-13/h13-14H,3-12H2,1-2H3. The molecule has 0 amide bonds. The number of rotatable bonds is 10. The molecule has 0 aromatic rings. The molecule has 4 heteroatoms. The third-order valence-electron chi connectivity index (χ3n) is 3.06. The molecular weight excluding hydrogens is 216 g/mol. The van der Waals surface area contributed by atoms with Gasteiger partial charge in [0.15, 0.2) is 0 Å². The van der Waals surface area contributed by atoms with E-state index in [4.69, 9.17) is 9.47 Å². The normalized spacial score (nSPS) is 20.3. The largest absolute Gasteiger partial charge is 0.382 e. The third kappa shape index (κ3) is 7.71. The van der Waals surface area contributed by atoms with Gasteiger partial charge in [0.1, 0.15) is 0 Å².